The Hall–Kier alpha value is -3.15. The van der Waals surface area contributed by atoms with E-state index in [-0.39, 0.29) is 11.9 Å². The summed E-state index contributed by atoms with van der Waals surface area (Å²) >= 11 is 0. The Bertz CT molecular complexity index is 908. The summed E-state index contributed by atoms with van der Waals surface area (Å²) < 4.78 is 10.6. The third-order valence-corrected chi connectivity index (χ3v) is 4.77. The minimum absolute atomic E-state index is 0.0162. The monoisotopic (exact) mass is 379 g/mol. The van der Waals surface area contributed by atoms with Gasteiger partial charge in [0.2, 0.25) is 11.7 Å². The molecule has 0 spiro atoms. The zero-order chi connectivity index (χ0) is 19.9. The molecule has 0 N–H and O–H groups in total. The molecule has 1 heterocycles. The molecule has 0 radical (unpaired) electrons. The molecule has 0 aliphatic carbocycles. The third kappa shape index (κ3) is 4.57. The molecule has 0 aliphatic rings. The quantitative estimate of drug-likeness (QED) is 0.586. The molecule has 1 aromatic heterocycles. The fourth-order valence-corrected chi connectivity index (χ4v) is 2.94. The molecular weight excluding hydrogens is 354 g/mol. The van der Waals surface area contributed by atoms with Gasteiger partial charge in [-0.25, -0.2) is 0 Å². The second kappa shape index (κ2) is 9.17. The van der Waals surface area contributed by atoms with Crippen molar-refractivity contribution in [3.05, 3.63) is 66.1 Å². The van der Waals surface area contributed by atoms with Gasteiger partial charge < -0.3 is 14.2 Å². The van der Waals surface area contributed by atoms with E-state index in [0.717, 1.165) is 17.7 Å². The highest BCUT2D eigenvalue weighted by molar-refractivity contribution is 5.94. The lowest BCUT2D eigenvalue weighted by molar-refractivity contribution is 0.0686. The average molecular weight is 379 g/mol. The van der Waals surface area contributed by atoms with E-state index in [4.69, 9.17) is 9.26 Å². The molecule has 0 aliphatic heterocycles. The zero-order valence-corrected chi connectivity index (χ0v) is 16.5. The van der Waals surface area contributed by atoms with Gasteiger partial charge in [0.05, 0.1) is 7.11 Å². The van der Waals surface area contributed by atoms with E-state index in [1.807, 2.05) is 59.5 Å². The van der Waals surface area contributed by atoms with Crippen LogP contribution in [0, 0.1) is 0 Å². The smallest absolute Gasteiger partial charge is 0.254 e. The van der Waals surface area contributed by atoms with Crippen molar-refractivity contribution >= 4 is 5.91 Å². The molecule has 0 bridgehead atoms. The number of benzene rings is 2. The predicted octanol–water partition coefficient (Wildman–Crippen LogP) is 4.23. The number of hydrogen-bond acceptors (Lipinski definition) is 5. The molecule has 0 saturated heterocycles. The van der Waals surface area contributed by atoms with Gasteiger partial charge in [-0.1, -0.05) is 42.4 Å². The molecule has 3 aromatic rings. The number of nitrogens with zero attached hydrogens (tertiary/aromatic N) is 3. The Morgan fingerprint density at radius 3 is 2.68 bits per heavy atom. The Morgan fingerprint density at radius 1 is 1.18 bits per heavy atom. The highest BCUT2D eigenvalue weighted by Crippen LogP contribution is 2.21. The van der Waals surface area contributed by atoms with E-state index in [9.17, 15) is 4.79 Å². The molecule has 6 heteroatoms. The van der Waals surface area contributed by atoms with Crippen molar-refractivity contribution < 1.29 is 14.1 Å². The maximum atomic E-state index is 12.9. The van der Waals surface area contributed by atoms with Crippen LogP contribution < -0.4 is 4.74 Å². The first-order chi connectivity index (χ1) is 13.6. The lowest BCUT2D eigenvalue weighted by Gasteiger charge is -2.28. The minimum Gasteiger partial charge on any atom is -0.497 e. The molecule has 2 aromatic carbocycles. The Morgan fingerprint density at radius 2 is 1.96 bits per heavy atom. The lowest BCUT2D eigenvalue weighted by Crippen LogP contribution is -2.39. The Kier molecular flexibility index (Phi) is 6.42. The van der Waals surface area contributed by atoms with Crippen molar-refractivity contribution in [3.8, 4) is 17.1 Å². The second-order valence-electron chi connectivity index (χ2n) is 6.62. The molecule has 146 valence electrons. The maximum Gasteiger partial charge on any atom is 0.254 e. The van der Waals surface area contributed by atoms with Crippen LogP contribution in [0.4, 0.5) is 0 Å². The molecular formula is C22H25N3O3. The molecule has 1 atom stereocenters. The predicted molar refractivity (Wildman–Crippen MR) is 107 cm³/mol. The highest BCUT2D eigenvalue weighted by atomic mass is 16.5. The highest BCUT2D eigenvalue weighted by Gasteiger charge is 2.21. The van der Waals surface area contributed by atoms with Crippen molar-refractivity contribution in [1.82, 2.24) is 15.0 Å². The van der Waals surface area contributed by atoms with Gasteiger partial charge in [-0.05, 0) is 37.6 Å². The third-order valence-electron chi connectivity index (χ3n) is 4.77. The molecule has 28 heavy (non-hydrogen) atoms. The van der Waals surface area contributed by atoms with Crippen molar-refractivity contribution in [2.24, 2.45) is 0 Å². The van der Waals surface area contributed by atoms with Crippen molar-refractivity contribution in [3.63, 3.8) is 0 Å². The Labute approximate surface area is 165 Å². The van der Waals surface area contributed by atoms with Crippen LogP contribution in [0.3, 0.4) is 0 Å². The van der Waals surface area contributed by atoms with Gasteiger partial charge in [0, 0.05) is 30.1 Å². The van der Waals surface area contributed by atoms with E-state index in [0.29, 0.717) is 30.2 Å². The molecule has 3 rings (SSSR count). The summed E-state index contributed by atoms with van der Waals surface area (Å²) in [6.07, 6.45) is 1.37. The molecule has 1 amide bonds. The van der Waals surface area contributed by atoms with Crippen LogP contribution in [0.2, 0.25) is 0 Å². The first kappa shape index (κ1) is 19.6. The summed E-state index contributed by atoms with van der Waals surface area (Å²) in [5.74, 6) is 1.77. The number of aromatic nitrogens is 2. The average Bonchev–Trinajstić information content (AvgIpc) is 3.23. The number of amides is 1. The molecule has 1 unspecified atom stereocenters. The van der Waals surface area contributed by atoms with Crippen molar-refractivity contribution in [2.75, 3.05) is 13.7 Å². The molecule has 6 nitrogen and oxygen atoms in total. The van der Waals surface area contributed by atoms with Crippen LogP contribution >= 0.6 is 0 Å². The number of carbonyl (C=O) groups is 1. The van der Waals surface area contributed by atoms with Crippen LogP contribution in [-0.2, 0) is 6.42 Å². The summed E-state index contributed by atoms with van der Waals surface area (Å²) in [6.45, 7) is 4.64. The van der Waals surface area contributed by atoms with Crippen LogP contribution in [0.15, 0.2) is 59.1 Å². The van der Waals surface area contributed by atoms with E-state index in [1.165, 1.54) is 0 Å². The van der Waals surface area contributed by atoms with Crippen LogP contribution in [0.25, 0.3) is 11.4 Å². The van der Waals surface area contributed by atoms with E-state index < -0.39 is 0 Å². The first-order valence-electron chi connectivity index (χ1n) is 9.45. The number of hydrogen-bond donors (Lipinski definition) is 0. The summed E-state index contributed by atoms with van der Waals surface area (Å²) in [5.41, 5.74) is 1.51. The van der Waals surface area contributed by atoms with Gasteiger partial charge in [0.15, 0.2) is 0 Å². The fourth-order valence-electron chi connectivity index (χ4n) is 2.94. The fraction of sp³-hybridized carbons (Fsp3) is 0.318. The van der Waals surface area contributed by atoms with Crippen LogP contribution in [0.1, 0.15) is 36.5 Å². The van der Waals surface area contributed by atoms with E-state index in [1.54, 1.807) is 7.11 Å². The standard InChI is InChI=1S/C22H25N3O3/c1-4-16(2)25(22(26)17-9-6-5-7-10-17)14-13-20-23-21(24-28-20)18-11-8-12-19(15-18)27-3/h5-12,15-16H,4,13-14H2,1-3H3. The number of rotatable bonds is 8. The van der Waals surface area contributed by atoms with Crippen molar-refractivity contribution in [1.29, 1.82) is 0 Å². The SMILES string of the molecule is CCC(C)N(CCc1nc(-c2cccc(OC)c2)no1)C(=O)c1ccccc1. The minimum atomic E-state index is 0.0162. The summed E-state index contributed by atoms with van der Waals surface area (Å²) in [4.78, 5) is 19.2. The largest absolute Gasteiger partial charge is 0.497 e. The Balaban J connectivity index is 1.71. The van der Waals surface area contributed by atoms with Gasteiger partial charge in [-0.3, -0.25) is 4.79 Å². The molecule has 0 saturated carbocycles. The van der Waals surface area contributed by atoms with Gasteiger partial charge in [-0.15, -0.1) is 0 Å². The topological polar surface area (TPSA) is 68.5 Å². The normalized spacial score (nSPS) is 11.8. The van der Waals surface area contributed by atoms with Gasteiger partial charge >= 0.3 is 0 Å². The van der Waals surface area contributed by atoms with Gasteiger partial charge in [0.1, 0.15) is 5.75 Å². The van der Waals surface area contributed by atoms with Gasteiger partial charge in [0.25, 0.3) is 5.91 Å². The number of carbonyl (C=O) groups excluding carboxylic acids is 1. The number of methoxy groups -OCH3 is 1. The van der Waals surface area contributed by atoms with E-state index in [2.05, 4.69) is 24.0 Å². The van der Waals surface area contributed by atoms with Gasteiger partial charge in [-0.2, -0.15) is 4.98 Å². The van der Waals surface area contributed by atoms with Crippen molar-refractivity contribution in [2.45, 2.75) is 32.7 Å². The summed E-state index contributed by atoms with van der Waals surface area (Å²) in [6, 6.07) is 17.0. The van der Waals surface area contributed by atoms with Crippen LogP contribution in [-0.4, -0.2) is 40.6 Å². The lowest BCUT2D eigenvalue weighted by atomic mass is 10.1. The number of ether oxygens (including phenoxy) is 1. The molecule has 0 fully saturated rings. The summed E-state index contributed by atoms with van der Waals surface area (Å²) in [5, 5.41) is 4.06. The van der Waals surface area contributed by atoms with E-state index >= 15 is 0 Å². The van der Waals surface area contributed by atoms with Crippen LogP contribution in [0.5, 0.6) is 5.75 Å². The first-order valence-corrected chi connectivity index (χ1v) is 9.45. The zero-order valence-electron chi connectivity index (χ0n) is 16.5. The summed E-state index contributed by atoms with van der Waals surface area (Å²) in [7, 11) is 1.62. The maximum absolute atomic E-state index is 12.9. The second-order valence-corrected chi connectivity index (χ2v) is 6.62.